The third-order valence-electron chi connectivity index (χ3n) is 3.23. The summed E-state index contributed by atoms with van der Waals surface area (Å²) >= 11 is 1.71. The van der Waals surface area contributed by atoms with Gasteiger partial charge in [-0.3, -0.25) is 0 Å². The van der Waals surface area contributed by atoms with Gasteiger partial charge in [0.05, 0.1) is 0 Å². The van der Waals surface area contributed by atoms with E-state index in [1.807, 2.05) is 12.1 Å². The number of nitrogens with two attached hydrogens (primary N) is 1. The summed E-state index contributed by atoms with van der Waals surface area (Å²) < 4.78 is 13.3. The zero-order valence-corrected chi connectivity index (χ0v) is 12.5. The fraction of sp³-hybridized carbons (Fsp3) is 0.188. The van der Waals surface area contributed by atoms with Crippen molar-refractivity contribution in [3.63, 3.8) is 0 Å². The van der Waals surface area contributed by atoms with E-state index in [0.717, 1.165) is 11.3 Å². The lowest BCUT2D eigenvalue weighted by Crippen LogP contribution is -2.15. The highest BCUT2D eigenvalue weighted by molar-refractivity contribution is 7.97. The molecule has 3 nitrogen and oxygen atoms in total. The van der Waals surface area contributed by atoms with Crippen molar-refractivity contribution in [2.45, 2.75) is 18.4 Å². The van der Waals surface area contributed by atoms with Crippen molar-refractivity contribution in [3.05, 3.63) is 70.5 Å². The summed E-state index contributed by atoms with van der Waals surface area (Å²) in [6.07, 6.45) is 0. The Morgan fingerprint density at radius 1 is 1.19 bits per heavy atom. The first-order valence-corrected chi connectivity index (χ1v) is 7.66. The van der Waals surface area contributed by atoms with E-state index in [9.17, 15) is 4.39 Å². The fourth-order valence-corrected chi connectivity index (χ4v) is 3.13. The molecular weight excluding hydrogens is 287 g/mol. The summed E-state index contributed by atoms with van der Waals surface area (Å²) in [7, 11) is 0. The van der Waals surface area contributed by atoms with Crippen LogP contribution in [0, 0.1) is 12.7 Å². The Hall–Kier alpha value is -2.01. The Kier molecular flexibility index (Phi) is 5.22. The number of aryl methyl sites for hydroxylation is 1. The summed E-state index contributed by atoms with van der Waals surface area (Å²) in [5, 5.41) is 11.7. The van der Waals surface area contributed by atoms with Crippen LogP contribution < -0.4 is 5.73 Å². The smallest absolute Gasteiger partial charge is 0.170 e. The molecular formula is C16H17FN2OS. The average molecular weight is 304 g/mol. The second kappa shape index (κ2) is 7.13. The number of rotatable bonds is 5. The van der Waals surface area contributed by atoms with Gasteiger partial charge in [-0.25, -0.2) is 4.39 Å². The Labute approximate surface area is 127 Å². The van der Waals surface area contributed by atoms with Crippen LogP contribution in [-0.4, -0.2) is 11.0 Å². The maximum Gasteiger partial charge on any atom is 0.170 e. The molecule has 0 atom stereocenters. The Bertz CT molecular complexity index is 658. The predicted molar refractivity (Wildman–Crippen MR) is 85.1 cm³/mol. The standard InChI is InChI=1S/C16H17FN2OS/c1-11-4-2-3-5-12(11)9-21-10-13-6-7-14(17)8-15(13)16(18)19-20/h2-8,20H,9-10H2,1H3,(H2,18,19). The highest BCUT2D eigenvalue weighted by atomic mass is 32.2. The van der Waals surface area contributed by atoms with Crippen LogP contribution >= 0.6 is 11.8 Å². The van der Waals surface area contributed by atoms with E-state index < -0.39 is 5.82 Å². The number of hydrogen-bond acceptors (Lipinski definition) is 3. The van der Waals surface area contributed by atoms with E-state index in [4.69, 9.17) is 10.9 Å². The van der Waals surface area contributed by atoms with E-state index in [1.54, 1.807) is 17.8 Å². The highest BCUT2D eigenvalue weighted by Gasteiger charge is 2.09. The minimum absolute atomic E-state index is 0.0685. The monoisotopic (exact) mass is 304 g/mol. The number of benzene rings is 2. The van der Waals surface area contributed by atoms with Gasteiger partial charge in [0, 0.05) is 17.1 Å². The normalized spacial score (nSPS) is 11.6. The number of hydrogen-bond donors (Lipinski definition) is 2. The highest BCUT2D eigenvalue weighted by Crippen LogP contribution is 2.22. The third-order valence-corrected chi connectivity index (χ3v) is 4.26. The maximum absolute atomic E-state index is 13.3. The van der Waals surface area contributed by atoms with Crippen molar-refractivity contribution in [2.75, 3.05) is 0 Å². The molecule has 0 heterocycles. The Morgan fingerprint density at radius 2 is 1.90 bits per heavy atom. The summed E-state index contributed by atoms with van der Waals surface area (Å²) in [6, 6.07) is 12.6. The molecule has 0 amide bonds. The Morgan fingerprint density at radius 3 is 2.62 bits per heavy atom. The number of halogens is 1. The largest absolute Gasteiger partial charge is 0.409 e. The zero-order chi connectivity index (χ0) is 15.2. The van der Waals surface area contributed by atoms with E-state index >= 15 is 0 Å². The maximum atomic E-state index is 13.3. The molecule has 0 saturated heterocycles. The number of thioether (sulfide) groups is 1. The molecule has 2 aromatic rings. The lowest BCUT2D eigenvalue weighted by molar-refractivity contribution is 0.318. The molecule has 0 radical (unpaired) electrons. The fourth-order valence-electron chi connectivity index (χ4n) is 2.01. The van der Waals surface area contributed by atoms with Gasteiger partial charge in [0.15, 0.2) is 5.84 Å². The molecule has 2 aromatic carbocycles. The number of oxime groups is 1. The van der Waals surface area contributed by atoms with Crippen LogP contribution in [0.15, 0.2) is 47.6 Å². The average Bonchev–Trinajstić information content (AvgIpc) is 2.49. The molecule has 0 saturated carbocycles. The van der Waals surface area contributed by atoms with Crippen molar-refractivity contribution < 1.29 is 9.60 Å². The van der Waals surface area contributed by atoms with Gasteiger partial charge in [-0.05, 0) is 35.7 Å². The van der Waals surface area contributed by atoms with Gasteiger partial charge in [0.25, 0.3) is 0 Å². The zero-order valence-electron chi connectivity index (χ0n) is 11.7. The minimum Gasteiger partial charge on any atom is -0.409 e. The van der Waals surface area contributed by atoms with Crippen molar-refractivity contribution in [1.29, 1.82) is 0 Å². The molecule has 0 unspecified atom stereocenters. The molecule has 2 rings (SSSR count). The molecule has 0 aliphatic carbocycles. The quantitative estimate of drug-likeness (QED) is 0.383. The van der Waals surface area contributed by atoms with E-state index in [0.29, 0.717) is 11.3 Å². The van der Waals surface area contributed by atoms with Crippen molar-refractivity contribution in [2.24, 2.45) is 10.9 Å². The summed E-state index contributed by atoms with van der Waals surface area (Å²) in [4.78, 5) is 0. The van der Waals surface area contributed by atoms with Gasteiger partial charge in [-0.2, -0.15) is 11.8 Å². The van der Waals surface area contributed by atoms with Gasteiger partial charge in [0.2, 0.25) is 0 Å². The Balaban J connectivity index is 2.08. The molecule has 110 valence electrons. The van der Waals surface area contributed by atoms with Crippen LogP contribution in [0.2, 0.25) is 0 Å². The third kappa shape index (κ3) is 3.98. The van der Waals surface area contributed by atoms with Crippen LogP contribution in [0.25, 0.3) is 0 Å². The molecule has 5 heteroatoms. The SMILES string of the molecule is Cc1ccccc1CSCc1ccc(F)cc1C(N)=NO. The second-order valence-electron chi connectivity index (χ2n) is 4.71. The lowest BCUT2D eigenvalue weighted by atomic mass is 10.1. The molecule has 0 aliphatic rings. The van der Waals surface area contributed by atoms with Crippen LogP contribution in [-0.2, 0) is 11.5 Å². The molecule has 21 heavy (non-hydrogen) atoms. The molecule has 0 spiro atoms. The van der Waals surface area contributed by atoms with Gasteiger partial charge in [-0.15, -0.1) is 0 Å². The minimum atomic E-state index is -0.399. The summed E-state index contributed by atoms with van der Waals surface area (Å²) in [5.74, 6) is 1.06. The molecule has 0 aromatic heterocycles. The van der Waals surface area contributed by atoms with Crippen molar-refractivity contribution in [3.8, 4) is 0 Å². The van der Waals surface area contributed by atoms with Crippen LogP contribution in [0.4, 0.5) is 4.39 Å². The summed E-state index contributed by atoms with van der Waals surface area (Å²) in [5.41, 5.74) is 9.41. The van der Waals surface area contributed by atoms with Gasteiger partial charge >= 0.3 is 0 Å². The van der Waals surface area contributed by atoms with Gasteiger partial charge in [0.1, 0.15) is 5.82 Å². The lowest BCUT2D eigenvalue weighted by Gasteiger charge is -2.09. The number of amidine groups is 1. The summed E-state index contributed by atoms with van der Waals surface area (Å²) in [6.45, 7) is 2.08. The van der Waals surface area contributed by atoms with Crippen LogP contribution in [0.1, 0.15) is 22.3 Å². The van der Waals surface area contributed by atoms with Crippen LogP contribution in [0.3, 0.4) is 0 Å². The van der Waals surface area contributed by atoms with E-state index in [1.165, 1.54) is 23.3 Å². The van der Waals surface area contributed by atoms with Crippen LogP contribution in [0.5, 0.6) is 0 Å². The van der Waals surface area contributed by atoms with E-state index in [2.05, 4.69) is 24.2 Å². The van der Waals surface area contributed by atoms with E-state index in [-0.39, 0.29) is 5.84 Å². The first-order valence-electron chi connectivity index (χ1n) is 6.50. The number of nitrogens with zero attached hydrogens (tertiary/aromatic N) is 1. The van der Waals surface area contributed by atoms with Crippen molar-refractivity contribution in [1.82, 2.24) is 0 Å². The van der Waals surface area contributed by atoms with Crippen molar-refractivity contribution >= 4 is 17.6 Å². The van der Waals surface area contributed by atoms with Gasteiger partial charge in [-0.1, -0.05) is 35.5 Å². The first-order chi connectivity index (χ1) is 10.1. The topological polar surface area (TPSA) is 58.6 Å². The molecule has 0 fully saturated rings. The molecule has 3 N–H and O–H groups in total. The second-order valence-corrected chi connectivity index (χ2v) is 5.69. The molecule has 0 bridgehead atoms. The predicted octanol–water partition coefficient (Wildman–Crippen LogP) is 3.66. The van der Waals surface area contributed by atoms with Gasteiger partial charge < -0.3 is 10.9 Å². The molecule has 0 aliphatic heterocycles. The first kappa shape index (κ1) is 15.4.